The van der Waals surface area contributed by atoms with Gasteiger partial charge in [0, 0.05) is 30.1 Å². The van der Waals surface area contributed by atoms with Crippen molar-refractivity contribution in [3.8, 4) is 5.75 Å². The zero-order valence-electron chi connectivity index (χ0n) is 23.1. The summed E-state index contributed by atoms with van der Waals surface area (Å²) in [6, 6.07) is 24.1. The van der Waals surface area contributed by atoms with Gasteiger partial charge in [-0.1, -0.05) is 62.4 Å². The van der Waals surface area contributed by atoms with Crippen LogP contribution < -0.4 is 10.1 Å². The van der Waals surface area contributed by atoms with Crippen LogP contribution in [0.25, 0.3) is 0 Å². The Labute approximate surface area is 227 Å². The summed E-state index contributed by atoms with van der Waals surface area (Å²) >= 11 is 0. The molecule has 5 nitrogen and oxygen atoms in total. The van der Waals surface area contributed by atoms with Crippen molar-refractivity contribution in [3.63, 3.8) is 0 Å². The molecule has 0 radical (unpaired) electrons. The quantitative estimate of drug-likeness (QED) is 0.292. The minimum atomic E-state index is -0.0837. The van der Waals surface area contributed by atoms with Crippen molar-refractivity contribution in [3.05, 3.63) is 95.1 Å². The first kappa shape index (κ1) is 27.6. The van der Waals surface area contributed by atoms with Crippen molar-refractivity contribution in [1.29, 1.82) is 0 Å². The molecule has 38 heavy (non-hydrogen) atoms. The van der Waals surface area contributed by atoms with Gasteiger partial charge in [0.05, 0.1) is 0 Å². The molecule has 1 N–H and O–H groups in total. The lowest BCUT2D eigenvalue weighted by atomic mass is 9.86. The molecule has 0 aromatic heterocycles. The van der Waals surface area contributed by atoms with Gasteiger partial charge in [0.1, 0.15) is 11.9 Å². The number of rotatable bonds is 10. The van der Waals surface area contributed by atoms with Crippen LogP contribution in [0.3, 0.4) is 0 Å². The van der Waals surface area contributed by atoms with Crippen molar-refractivity contribution in [2.75, 3.05) is 25.0 Å². The van der Waals surface area contributed by atoms with Crippen LogP contribution in [0.15, 0.2) is 72.8 Å². The van der Waals surface area contributed by atoms with Gasteiger partial charge in [-0.2, -0.15) is 0 Å². The lowest BCUT2D eigenvalue weighted by Crippen LogP contribution is -2.34. The first-order chi connectivity index (χ1) is 18.3. The number of nitrogens with one attached hydrogen (secondary N) is 1. The van der Waals surface area contributed by atoms with Crippen LogP contribution in [0.4, 0.5) is 5.69 Å². The highest BCUT2D eigenvalue weighted by atomic mass is 16.5. The SMILES string of the molecule is CC(=O)c1cccc(OC(CCN2CCC(c3cc(NC(=O)C(C)C)ccc3C)CC2)c2ccccc2)c1. The Morgan fingerprint density at radius 3 is 2.39 bits per heavy atom. The van der Waals surface area contributed by atoms with Crippen LogP contribution in [0.5, 0.6) is 5.75 Å². The number of aryl methyl sites for hydroxylation is 1. The van der Waals surface area contributed by atoms with Crippen LogP contribution >= 0.6 is 0 Å². The predicted octanol–water partition coefficient (Wildman–Crippen LogP) is 7.18. The fraction of sp³-hybridized carbons (Fsp3) is 0.394. The third-order valence-electron chi connectivity index (χ3n) is 7.50. The third kappa shape index (κ3) is 7.32. The summed E-state index contributed by atoms with van der Waals surface area (Å²) in [6.45, 7) is 10.6. The van der Waals surface area contributed by atoms with E-state index in [2.05, 4.69) is 41.4 Å². The van der Waals surface area contributed by atoms with Crippen molar-refractivity contribution >= 4 is 17.4 Å². The van der Waals surface area contributed by atoms with Gasteiger partial charge < -0.3 is 15.0 Å². The Morgan fingerprint density at radius 1 is 0.974 bits per heavy atom. The number of nitrogens with zero attached hydrogens (tertiary/aromatic N) is 1. The molecule has 1 saturated heterocycles. The van der Waals surface area contributed by atoms with Gasteiger partial charge in [0.25, 0.3) is 0 Å². The number of hydrogen-bond donors (Lipinski definition) is 1. The van der Waals surface area contributed by atoms with E-state index >= 15 is 0 Å². The number of likely N-dealkylation sites (tertiary alicyclic amines) is 1. The van der Waals surface area contributed by atoms with E-state index in [9.17, 15) is 9.59 Å². The Kier molecular flexibility index (Phi) is 9.35. The van der Waals surface area contributed by atoms with Gasteiger partial charge in [-0.25, -0.2) is 0 Å². The fourth-order valence-corrected chi connectivity index (χ4v) is 5.13. The second-order valence-electron chi connectivity index (χ2n) is 10.7. The maximum absolute atomic E-state index is 12.2. The molecule has 200 valence electrons. The van der Waals surface area contributed by atoms with E-state index in [0.717, 1.165) is 55.9 Å². The Morgan fingerprint density at radius 2 is 1.71 bits per heavy atom. The van der Waals surface area contributed by atoms with Crippen molar-refractivity contribution in [1.82, 2.24) is 4.90 Å². The van der Waals surface area contributed by atoms with Crippen molar-refractivity contribution in [2.45, 2.75) is 59.0 Å². The summed E-state index contributed by atoms with van der Waals surface area (Å²) in [5, 5.41) is 3.05. The van der Waals surface area contributed by atoms with Crippen LogP contribution in [-0.2, 0) is 4.79 Å². The Bertz CT molecular complexity index is 1230. The largest absolute Gasteiger partial charge is 0.486 e. The number of benzene rings is 3. The maximum Gasteiger partial charge on any atom is 0.226 e. The molecular weight excluding hydrogens is 472 g/mol. The molecule has 0 aliphatic carbocycles. The number of carbonyl (C=O) groups is 2. The molecule has 1 fully saturated rings. The van der Waals surface area contributed by atoms with Crippen LogP contribution in [-0.4, -0.2) is 36.2 Å². The fourth-order valence-electron chi connectivity index (χ4n) is 5.13. The summed E-state index contributed by atoms with van der Waals surface area (Å²) < 4.78 is 6.44. The summed E-state index contributed by atoms with van der Waals surface area (Å²) in [5.74, 6) is 1.28. The molecule has 5 heteroatoms. The Balaban J connectivity index is 1.37. The predicted molar refractivity (Wildman–Crippen MR) is 154 cm³/mol. The molecule has 3 aromatic rings. The molecule has 0 bridgehead atoms. The van der Waals surface area contributed by atoms with E-state index in [0.29, 0.717) is 11.5 Å². The molecule has 1 aliphatic rings. The molecule has 3 aromatic carbocycles. The first-order valence-corrected chi connectivity index (χ1v) is 13.8. The van der Waals surface area contributed by atoms with E-state index in [1.165, 1.54) is 11.1 Å². The standard InChI is InChI=1S/C33H40N2O3/c1-23(2)33(37)34-29-14-13-24(3)31(22-29)26-15-18-35(19-16-26)20-17-32(27-9-6-5-7-10-27)38-30-12-8-11-28(21-30)25(4)36/h5-14,21-23,26,32H,15-20H2,1-4H3,(H,34,37). The van der Waals surface area contributed by atoms with Gasteiger partial charge in [0.15, 0.2) is 5.78 Å². The van der Waals surface area contributed by atoms with Gasteiger partial charge >= 0.3 is 0 Å². The number of ketones is 1. The first-order valence-electron chi connectivity index (χ1n) is 13.8. The Hall–Kier alpha value is -3.44. The van der Waals surface area contributed by atoms with Gasteiger partial charge in [0.2, 0.25) is 5.91 Å². The molecule has 1 atom stereocenters. The van der Waals surface area contributed by atoms with Gasteiger partial charge in [-0.3, -0.25) is 9.59 Å². The minimum Gasteiger partial charge on any atom is -0.486 e. The monoisotopic (exact) mass is 512 g/mol. The number of ether oxygens (including phenoxy) is 1. The number of hydrogen-bond acceptors (Lipinski definition) is 4. The summed E-state index contributed by atoms with van der Waals surface area (Å²) in [7, 11) is 0. The lowest BCUT2D eigenvalue weighted by Gasteiger charge is -2.34. The number of carbonyl (C=O) groups excluding carboxylic acids is 2. The zero-order chi connectivity index (χ0) is 27.1. The zero-order valence-corrected chi connectivity index (χ0v) is 23.1. The molecule has 0 saturated carbocycles. The van der Waals surface area contributed by atoms with Crippen LogP contribution in [0.2, 0.25) is 0 Å². The topological polar surface area (TPSA) is 58.6 Å². The molecule has 0 spiro atoms. The number of amides is 1. The minimum absolute atomic E-state index is 0.0373. The van der Waals surface area contributed by atoms with E-state index in [1.54, 1.807) is 6.92 Å². The average Bonchev–Trinajstić information content (AvgIpc) is 2.93. The number of Topliss-reactive ketones (excluding diaryl/α,β-unsaturated/α-hetero) is 1. The normalized spacial score (nSPS) is 15.3. The van der Waals surface area contributed by atoms with Gasteiger partial charge in [-0.05, 0) is 86.7 Å². The molecule has 1 aliphatic heterocycles. The molecule has 1 unspecified atom stereocenters. The van der Waals surface area contributed by atoms with Crippen molar-refractivity contribution in [2.24, 2.45) is 5.92 Å². The highest BCUT2D eigenvalue weighted by molar-refractivity contribution is 5.94. The second-order valence-corrected chi connectivity index (χ2v) is 10.7. The summed E-state index contributed by atoms with van der Waals surface area (Å²) in [6.07, 6.45) is 2.98. The highest BCUT2D eigenvalue weighted by Gasteiger charge is 2.24. The smallest absolute Gasteiger partial charge is 0.226 e. The van der Waals surface area contributed by atoms with Gasteiger partial charge in [-0.15, -0.1) is 0 Å². The molecule has 1 amide bonds. The summed E-state index contributed by atoms with van der Waals surface area (Å²) in [4.78, 5) is 26.6. The second kappa shape index (κ2) is 12.9. The molecule has 1 heterocycles. The van der Waals surface area contributed by atoms with Crippen LogP contribution in [0.1, 0.15) is 79.1 Å². The summed E-state index contributed by atoms with van der Waals surface area (Å²) in [5.41, 5.74) is 5.34. The number of piperidine rings is 1. The van der Waals surface area contributed by atoms with E-state index in [1.807, 2.05) is 62.4 Å². The lowest BCUT2D eigenvalue weighted by molar-refractivity contribution is -0.118. The molecular formula is C33H40N2O3. The van der Waals surface area contributed by atoms with E-state index in [4.69, 9.17) is 4.74 Å². The van der Waals surface area contributed by atoms with Crippen LogP contribution in [0, 0.1) is 12.8 Å². The highest BCUT2D eigenvalue weighted by Crippen LogP contribution is 2.33. The van der Waals surface area contributed by atoms with E-state index < -0.39 is 0 Å². The maximum atomic E-state index is 12.2. The number of anilines is 1. The van der Waals surface area contributed by atoms with E-state index in [-0.39, 0.29) is 23.7 Å². The van der Waals surface area contributed by atoms with Crippen molar-refractivity contribution < 1.29 is 14.3 Å². The average molecular weight is 513 g/mol. The third-order valence-corrected chi connectivity index (χ3v) is 7.50. The molecule has 4 rings (SSSR count).